The van der Waals surface area contributed by atoms with E-state index in [0.29, 0.717) is 6.54 Å². The van der Waals surface area contributed by atoms with Gasteiger partial charge in [0.1, 0.15) is 0 Å². The molecular formula is C15H24N2O. The molecule has 1 aromatic rings. The van der Waals surface area contributed by atoms with E-state index in [2.05, 4.69) is 36.6 Å². The number of amides is 1. The van der Waals surface area contributed by atoms with E-state index >= 15 is 0 Å². The number of carbonyl (C=O) groups excluding carboxylic acids is 1. The highest BCUT2D eigenvalue weighted by Gasteiger charge is 2.06. The minimum atomic E-state index is 0.0777. The number of rotatable bonds is 8. The first-order chi connectivity index (χ1) is 8.74. The van der Waals surface area contributed by atoms with Gasteiger partial charge in [-0.05, 0) is 18.9 Å². The Morgan fingerprint density at radius 2 is 1.94 bits per heavy atom. The predicted molar refractivity (Wildman–Crippen MR) is 75.4 cm³/mol. The first kappa shape index (κ1) is 14.7. The van der Waals surface area contributed by atoms with Gasteiger partial charge in [0.15, 0.2) is 0 Å². The number of benzene rings is 1. The SMILES string of the molecule is CCCCCNC(=O)CNC(C)c1ccccc1. The zero-order valence-corrected chi connectivity index (χ0v) is 11.4. The number of unbranched alkanes of at least 4 members (excludes halogenated alkanes) is 2. The molecule has 0 aromatic heterocycles. The molecule has 1 atom stereocenters. The van der Waals surface area contributed by atoms with Crippen LogP contribution in [0.1, 0.15) is 44.7 Å². The van der Waals surface area contributed by atoms with Crippen molar-refractivity contribution in [3.63, 3.8) is 0 Å². The van der Waals surface area contributed by atoms with E-state index < -0.39 is 0 Å². The summed E-state index contributed by atoms with van der Waals surface area (Å²) in [5.41, 5.74) is 1.20. The lowest BCUT2D eigenvalue weighted by atomic mass is 10.1. The molecule has 0 fully saturated rings. The van der Waals surface area contributed by atoms with Gasteiger partial charge in [0.05, 0.1) is 6.54 Å². The molecule has 3 nitrogen and oxygen atoms in total. The minimum absolute atomic E-state index is 0.0777. The van der Waals surface area contributed by atoms with Crippen molar-refractivity contribution in [2.75, 3.05) is 13.1 Å². The van der Waals surface area contributed by atoms with Crippen LogP contribution in [0, 0.1) is 0 Å². The van der Waals surface area contributed by atoms with Crippen LogP contribution in [0.3, 0.4) is 0 Å². The van der Waals surface area contributed by atoms with E-state index in [1.807, 2.05) is 18.2 Å². The zero-order chi connectivity index (χ0) is 13.2. The Morgan fingerprint density at radius 1 is 1.22 bits per heavy atom. The van der Waals surface area contributed by atoms with E-state index in [-0.39, 0.29) is 11.9 Å². The molecule has 0 aliphatic carbocycles. The molecule has 0 saturated heterocycles. The van der Waals surface area contributed by atoms with Gasteiger partial charge >= 0.3 is 0 Å². The molecular weight excluding hydrogens is 224 g/mol. The van der Waals surface area contributed by atoms with Gasteiger partial charge < -0.3 is 10.6 Å². The highest BCUT2D eigenvalue weighted by molar-refractivity contribution is 5.77. The van der Waals surface area contributed by atoms with E-state index in [9.17, 15) is 4.79 Å². The van der Waals surface area contributed by atoms with Crippen molar-refractivity contribution in [3.05, 3.63) is 35.9 Å². The smallest absolute Gasteiger partial charge is 0.233 e. The molecule has 0 saturated carbocycles. The van der Waals surface area contributed by atoms with Crippen LogP contribution in [0.5, 0.6) is 0 Å². The maximum Gasteiger partial charge on any atom is 0.233 e. The summed E-state index contributed by atoms with van der Waals surface area (Å²) in [6.07, 6.45) is 3.42. The second-order valence-corrected chi connectivity index (χ2v) is 4.57. The van der Waals surface area contributed by atoms with Crippen molar-refractivity contribution in [3.8, 4) is 0 Å². The second-order valence-electron chi connectivity index (χ2n) is 4.57. The summed E-state index contributed by atoms with van der Waals surface area (Å²) in [5, 5.41) is 6.15. The molecule has 2 N–H and O–H groups in total. The van der Waals surface area contributed by atoms with Crippen molar-refractivity contribution in [2.24, 2.45) is 0 Å². The van der Waals surface area contributed by atoms with Crippen LogP contribution in [0.4, 0.5) is 0 Å². The Bertz CT molecular complexity index is 338. The molecule has 1 amide bonds. The lowest BCUT2D eigenvalue weighted by Gasteiger charge is -2.14. The van der Waals surface area contributed by atoms with E-state index in [1.54, 1.807) is 0 Å². The molecule has 18 heavy (non-hydrogen) atoms. The van der Waals surface area contributed by atoms with Gasteiger partial charge in [-0.2, -0.15) is 0 Å². The van der Waals surface area contributed by atoms with Crippen molar-refractivity contribution in [2.45, 2.75) is 39.2 Å². The Hall–Kier alpha value is -1.35. The number of carbonyl (C=O) groups is 1. The third-order valence-corrected chi connectivity index (χ3v) is 2.97. The fraction of sp³-hybridized carbons (Fsp3) is 0.533. The Labute approximate surface area is 110 Å². The first-order valence-electron chi connectivity index (χ1n) is 6.79. The minimum Gasteiger partial charge on any atom is -0.355 e. The van der Waals surface area contributed by atoms with Crippen LogP contribution in [0.15, 0.2) is 30.3 Å². The summed E-state index contributed by atoms with van der Waals surface area (Å²) in [7, 11) is 0. The average molecular weight is 248 g/mol. The standard InChI is InChI=1S/C15H24N2O/c1-3-4-8-11-16-15(18)12-17-13(2)14-9-6-5-7-10-14/h5-7,9-10,13,17H,3-4,8,11-12H2,1-2H3,(H,16,18). The maximum absolute atomic E-state index is 11.6. The molecule has 0 heterocycles. The second kappa shape index (κ2) is 8.70. The summed E-state index contributed by atoms with van der Waals surface area (Å²) < 4.78 is 0. The van der Waals surface area contributed by atoms with Crippen molar-refractivity contribution < 1.29 is 4.79 Å². The van der Waals surface area contributed by atoms with Gasteiger partial charge in [-0.15, -0.1) is 0 Å². The molecule has 0 bridgehead atoms. The fourth-order valence-electron chi connectivity index (χ4n) is 1.77. The van der Waals surface area contributed by atoms with Gasteiger partial charge in [-0.1, -0.05) is 50.1 Å². The van der Waals surface area contributed by atoms with Crippen molar-refractivity contribution in [1.29, 1.82) is 0 Å². The van der Waals surface area contributed by atoms with E-state index in [1.165, 1.54) is 18.4 Å². The third kappa shape index (κ3) is 5.82. The Morgan fingerprint density at radius 3 is 2.61 bits per heavy atom. The normalized spacial score (nSPS) is 12.1. The summed E-state index contributed by atoms with van der Waals surface area (Å²) in [4.78, 5) is 11.6. The first-order valence-corrected chi connectivity index (χ1v) is 6.79. The number of hydrogen-bond donors (Lipinski definition) is 2. The van der Waals surface area contributed by atoms with Crippen LogP contribution in [-0.2, 0) is 4.79 Å². The van der Waals surface area contributed by atoms with Crippen LogP contribution >= 0.6 is 0 Å². The van der Waals surface area contributed by atoms with Gasteiger partial charge in [0.25, 0.3) is 0 Å². The molecule has 1 unspecified atom stereocenters. The molecule has 100 valence electrons. The molecule has 0 spiro atoms. The van der Waals surface area contributed by atoms with Gasteiger partial charge in [0.2, 0.25) is 5.91 Å². The molecule has 0 aliphatic rings. The van der Waals surface area contributed by atoms with Crippen molar-refractivity contribution in [1.82, 2.24) is 10.6 Å². The quantitative estimate of drug-likeness (QED) is 0.694. The van der Waals surface area contributed by atoms with Crippen LogP contribution in [0.2, 0.25) is 0 Å². The molecule has 1 aromatic carbocycles. The monoisotopic (exact) mass is 248 g/mol. The summed E-state index contributed by atoms with van der Waals surface area (Å²) in [6.45, 7) is 5.39. The van der Waals surface area contributed by atoms with Gasteiger partial charge in [0, 0.05) is 12.6 Å². The Kier molecular flexibility index (Phi) is 7.11. The highest BCUT2D eigenvalue weighted by atomic mass is 16.1. The largest absolute Gasteiger partial charge is 0.355 e. The third-order valence-electron chi connectivity index (χ3n) is 2.97. The van der Waals surface area contributed by atoms with Crippen LogP contribution in [0.25, 0.3) is 0 Å². The van der Waals surface area contributed by atoms with Gasteiger partial charge in [-0.25, -0.2) is 0 Å². The van der Waals surface area contributed by atoms with E-state index in [0.717, 1.165) is 13.0 Å². The molecule has 0 radical (unpaired) electrons. The molecule has 3 heteroatoms. The molecule has 1 rings (SSSR count). The van der Waals surface area contributed by atoms with Gasteiger partial charge in [-0.3, -0.25) is 4.79 Å². The highest BCUT2D eigenvalue weighted by Crippen LogP contribution is 2.10. The van der Waals surface area contributed by atoms with Crippen LogP contribution in [-0.4, -0.2) is 19.0 Å². The lowest BCUT2D eigenvalue weighted by Crippen LogP contribution is -2.35. The molecule has 0 aliphatic heterocycles. The lowest BCUT2D eigenvalue weighted by molar-refractivity contribution is -0.120. The number of hydrogen-bond acceptors (Lipinski definition) is 2. The topological polar surface area (TPSA) is 41.1 Å². The van der Waals surface area contributed by atoms with Crippen molar-refractivity contribution >= 4 is 5.91 Å². The zero-order valence-electron chi connectivity index (χ0n) is 11.4. The van der Waals surface area contributed by atoms with Crippen LogP contribution < -0.4 is 10.6 Å². The summed E-state index contributed by atoms with van der Waals surface area (Å²) in [5.74, 6) is 0.0777. The maximum atomic E-state index is 11.6. The number of nitrogens with one attached hydrogen (secondary N) is 2. The average Bonchev–Trinajstić information content (AvgIpc) is 2.42. The summed E-state index contributed by atoms with van der Waals surface area (Å²) in [6, 6.07) is 10.4. The Balaban J connectivity index is 2.18. The fourth-order valence-corrected chi connectivity index (χ4v) is 1.77. The van der Waals surface area contributed by atoms with E-state index in [4.69, 9.17) is 0 Å². The summed E-state index contributed by atoms with van der Waals surface area (Å²) >= 11 is 0. The predicted octanol–water partition coefficient (Wildman–Crippen LogP) is 2.64.